The van der Waals surface area contributed by atoms with Crippen LogP contribution in [0.15, 0.2) is 30.3 Å². The van der Waals surface area contributed by atoms with Crippen LogP contribution in [0.5, 0.6) is 0 Å². The number of hydrogen-bond acceptors (Lipinski definition) is 3. The van der Waals surface area contributed by atoms with Crippen molar-refractivity contribution in [1.29, 1.82) is 0 Å². The fraction of sp³-hybridized carbons (Fsp3) is 0.429. The minimum absolute atomic E-state index is 0.0593. The van der Waals surface area contributed by atoms with Crippen molar-refractivity contribution >= 4 is 11.9 Å². The van der Waals surface area contributed by atoms with Gasteiger partial charge in [0.15, 0.2) is 0 Å². The molecule has 3 atom stereocenters. The summed E-state index contributed by atoms with van der Waals surface area (Å²) in [7, 11) is 0. The summed E-state index contributed by atoms with van der Waals surface area (Å²) in [5.74, 6) is -1.45. The van der Waals surface area contributed by atoms with Gasteiger partial charge in [-0.1, -0.05) is 36.8 Å². The quantitative estimate of drug-likeness (QED) is 0.736. The number of hydrogen-bond donors (Lipinski definition) is 3. The number of carboxylic acid groups (broad SMARTS) is 1. The van der Waals surface area contributed by atoms with Crippen LogP contribution in [-0.2, 0) is 9.59 Å². The molecular formula is C14H18N2O3. The Labute approximate surface area is 111 Å². The summed E-state index contributed by atoms with van der Waals surface area (Å²) < 4.78 is 0. The van der Waals surface area contributed by atoms with Crippen LogP contribution in [0.1, 0.15) is 30.7 Å². The summed E-state index contributed by atoms with van der Waals surface area (Å²) in [6.07, 6.45) is 1.89. The first-order chi connectivity index (χ1) is 9.09. The standard InChI is InChI=1S/C14H18N2O3/c15-12-10(9-5-2-1-3-6-9)7-4-8-11(14(18)19)16-13(12)17/h1-3,5-6,10-12H,4,7-8,15H2,(H,16,17)(H,18,19)/t10-,11-,12-/m1/s1. The molecule has 1 amide bonds. The van der Waals surface area contributed by atoms with E-state index in [0.29, 0.717) is 6.42 Å². The summed E-state index contributed by atoms with van der Waals surface area (Å²) in [6, 6.07) is 8.12. The van der Waals surface area contributed by atoms with Crippen molar-refractivity contribution in [2.75, 3.05) is 0 Å². The summed E-state index contributed by atoms with van der Waals surface area (Å²) in [4.78, 5) is 22.9. The van der Waals surface area contributed by atoms with E-state index in [0.717, 1.165) is 18.4 Å². The van der Waals surface area contributed by atoms with Gasteiger partial charge in [-0.25, -0.2) is 4.79 Å². The number of carbonyl (C=O) groups is 2. The molecule has 0 radical (unpaired) electrons. The molecule has 1 saturated heterocycles. The molecular weight excluding hydrogens is 244 g/mol. The second-order valence-corrected chi connectivity index (χ2v) is 4.87. The van der Waals surface area contributed by atoms with Crippen molar-refractivity contribution < 1.29 is 14.7 Å². The Morgan fingerprint density at radius 3 is 2.58 bits per heavy atom. The zero-order chi connectivity index (χ0) is 13.8. The van der Waals surface area contributed by atoms with Crippen molar-refractivity contribution in [3.63, 3.8) is 0 Å². The minimum atomic E-state index is -1.00. The van der Waals surface area contributed by atoms with Gasteiger partial charge < -0.3 is 16.2 Å². The molecule has 1 fully saturated rings. The molecule has 0 aromatic heterocycles. The molecule has 0 bridgehead atoms. The smallest absolute Gasteiger partial charge is 0.326 e. The predicted molar refractivity (Wildman–Crippen MR) is 70.6 cm³/mol. The van der Waals surface area contributed by atoms with E-state index in [9.17, 15) is 9.59 Å². The highest BCUT2D eigenvalue weighted by Crippen LogP contribution is 2.27. The first-order valence-electron chi connectivity index (χ1n) is 6.43. The number of amides is 1. The van der Waals surface area contributed by atoms with Gasteiger partial charge in [-0.15, -0.1) is 0 Å². The van der Waals surface area contributed by atoms with Gasteiger partial charge in [0.2, 0.25) is 5.91 Å². The van der Waals surface area contributed by atoms with Gasteiger partial charge in [-0.2, -0.15) is 0 Å². The Morgan fingerprint density at radius 2 is 1.95 bits per heavy atom. The molecule has 1 aliphatic rings. The summed E-state index contributed by atoms with van der Waals surface area (Å²) in [6.45, 7) is 0. The van der Waals surface area contributed by atoms with E-state index < -0.39 is 18.1 Å². The summed E-state index contributed by atoms with van der Waals surface area (Å²) >= 11 is 0. The summed E-state index contributed by atoms with van der Waals surface area (Å²) in [5, 5.41) is 11.5. The van der Waals surface area contributed by atoms with Crippen LogP contribution in [0.4, 0.5) is 0 Å². The molecule has 0 saturated carbocycles. The van der Waals surface area contributed by atoms with Crippen molar-refractivity contribution in [3.8, 4) is 0 Å². The largest absolute Gasteiger partial charge is 0.480 e. The number of carboxylic acids is 1. The third kappa shape index (κ3) is 3.12. The van der Waals surface area contributed by atoms with Crippen LogP contribution < -0.4 is 11.1 Å². The van der Waals surface area contributed by atoms with Gasteiger partial charge in [0.25, 0.3) is 0 Å². The molecule has 0 aliphatic carbocycles. The molecule has 1 aromatic carbocycles. The molecule has 19 heavy (non-hydrogen) atoms. The van der Waals surface area contributed by atoms with Crippen LogP contribution in [-0.4, -0.2) is 29.1 Å². The van der Waals surface area contributed by atoms with E-state index in [1.54, 1.807) is 0 Å². The van der Waals surface area contributed by atoms with Gasteiger partial charge in [0, 0.05) is 5.92 Å². The monoisotopic (exact) mass is 262 g/mol. The lowest BCUT2D eigenvalue weighted by molar-refractivity contribution is -0.142. The highest BCUT2D eigenvalue weighted by molar-refractivity contribution is 5.87. The molecule has 1 heterocycles. The fourth-order valence-corrected chi connectivity index (χ4v) is 2.50. The third-order valence-electron chi connectivity index (χ3n) is 3.59. The van der Waals surface area contributed by atoms with Gasteiger partial charge in [-0.3, -0.25) is 4.79 Å². The molecule has 1 aromatic rings. The average molecular weight is 262 g/mol. The molecule has 102 valence electrons. The lowest BCUT2D eigenvalue weighted by atomic mass is 9.85. The van der Waals surface area contributed by atoms with E-state index in [-0.39, 0.29) is 11.8 Å². The normalized spacial score (nSPS) is 28.1. The molecule has 0 unspecified atom stereocenters. The van der Waals surface area contributed by atoms with Crippen LogP contribution in [0, 0.1) is 0 Å². The number of aliphatic carboxylic acids is 1. The third-order valence-corrected chi connectivity index (χ3v) is 3.59. The van der Waals surface area contributed by atoms with Crippen LogP contribution in [0.3, 0.4) is 0 Å². The zero-order valence-corrected chi connectivity index (χ0v) is 10.6. The molecule has 5 nitrogen and oxygen atoms in total. The van der Waals surface area contributed by atoms with E-state index >= 15 is 0 Å². The van der Waals surface area contributed by atoms with E-state index in [1.807, 2.05) is 30.3 Å². The van der Waals surface area contributed by atoms with Crippen molar-refractivity contribution in [3.05, 3.63) is 35.9 Å². The number of carbonyl (C=O) groups excluding carboxylic acids is 1. The molecule has 5 heteroatoms. The average Bonchev–Trinajstić information content (AvgIpc) is 2.40. The van der Waals surface area contributed by atoms with Crippen LogP contribution in [0.2, 0.25) is 0 Å². The Kier molecular flexibility index (Phi) is 4.16. The SMILES string of the molecule is N[C@H]1C(=O)N[C@@H](C(=O)O)CCC[C@@H]1c1ccccc1. The van der Waals surface area contributed by atoms with Crippen LogP contribution in [0.25, 0.3) is 0 Å². The first-order valence-corrected chi connectivity index (χ1v) is 6.43. The van der Waals surface area contributed by atoms with Gasteiger partial charge >= 0.3 is 5.97 Å². The number of nitrogens with one attached hydrogen (secondary N) is 1. The second kappa shape index (κ2) is 5.84. The highest BCUT2D eigenvalue weighted by Gasteiger charge is 2.31. The maximum absolute atomic E-state index is 12.0. The van der Waals surface area contributed by atoms with Crippen molar-refractivity contribution in [2.24, 2.45) is 5.73 Å². The van der Waals surface area contributed by atoms with Crippen molar-refractivity contribution in [2.45, 2.75) is 37.3 Å². The Balaban J connectivity index is 2.16. The maximum Gasteiger partial charge on any atom is 0.326 e. The Hall–Kier alpha value is -1.88. The van der Waals surface area contributed by atoms with E-state index in [2.05, 4.69) is 5.32 Å². The van der Waals surface area contributed by atoms with Gasteiger partial charge in [0.05, 0.1) is 6.04 Å². The second-order valence-electron chi connectivity index (χ2n) is 4.87. The molecule has 1 aliphatic heterocycles. The molecule has 0 spiro atoms. The summed E-state index contributed by atoms with van der Waals surface area (Å²) in [5.41, 5.74) is 7.01. The lowest BCUT2D eigenvalue weighted by Crippen LogP contribution is -2.52. The maximum atomic E-state index is 12.0. The first kappa shape index (κ1) is 13.5. The Morgan fingerprint density at radius 1 is 1.26 bits per heavy atom. The van der Waals surface area contributed by atoms with E-state index in [4.69, 9.17) is 10.8 Å². The number of benzene rings is 1. The lowest BCUT2D eigenvalue weighted by Gasteiger charge is -2.28. The van der Waals surface area contributed by atoms with Gasteiger partial charge in [-0.05, 0) is 18.4 Å². The predicted octanol–water partition coefficient (Wildman–Crippen LogP) is 0.851. The Bertz CT molecular complexity index is 461. The van der Waals surface area contributed by atoms with E-state index in [1.165, 1.54) is 0 Å². The zero-order valence-electron chi connectivity index (χ0n) is 10.6. The number of nitrogens with two attached hydrogens (primary N) is 1. The molecule has 2 rings (SSSR count). The minimum Gasteiger partial charge on any atom is -0.480 e. The highest BCUT2D eigenvalue weighted by atomic mass is 16.4. The number of rotatable bonds is 2. The van der Waals surface area contributed by atoms with Crippen LogP contribution >= 0.6 is 0 Å². The molecule has 4 N–H and O–H groups in total. The topological polar surface area (TPSA) is 92.4 Å². The fourth-order valence-electron chi connectivity index (χ4n) is 2.50. The van der Waals surface area contributed by atoms with Crippen molar-refractivity contribution in [1.82, 2.24) is 5.32 Å². The van der Waals surface area contributed by atoms with Gasteiger partial charge in [0.1, 0.15) is 6.04 Å².